The second kappa shape index (κ2) is 10.2. The predicted octanol–water partition coefficient (Wildman–Crippen LogP) is 4.07. The molecule has 182 valence electrons. The van der Waals surface area contributed by atoms with E-state index in [2.05, 4.69) is 15.3 Å². The molecule has 9 nitrogen and oxygen atoms in total. The molecule has 0 saturated carbocycles. The van der Waals surface area contributed by atoms with E-state index in [0.29, 0.717) is 41.6 Å². The fraction of sp³-hybridized carbons (Fsp3) is 0.240. The molecule has 0 fully saturated rings. The van der Waals surface area contributed by atoms with E-state index in [0.717, 1.165) is 5.52 Å². The fourth-order valence-corrected chi connectivity index (χ4v) is 4.60. The first-order valence-electron chi connectivity index (χ1n) is 11.2. The molecule has 0 saturated heterocycles. The minimum absolute atomic E-state index is 0.183. The fourth-order valence-electron chi connectivity index (χ4n) is 3.68. The quantitative estimate of drug-likeness (QED) is 0.377. The van der Waals surface area contributed by atoms with Gasteiger partial charge in [0.05, 0.1) is 15.9 Å². The van der Waals surface area contributed by atoms with Gasteiger partial charge >= 0.3 is 0 Å². The van der Waals surface area contributed by atoms with Gasteiger partial charge in [-0.3, -0.25) is 4.79 Å². The average Bonchev–Trinajstić information content (AvgIpc) is 3.21. The Kier molecular flexibility index (Phi) is 7.13. The van der Waals surface area contributed by atoms with Crippen LogP contribution < -0.4 is 10.1 Å². The number of aromatic nitrogens is 3. The summed E-state index contributed by atoms with van der Waals surface area (Å²) in [7, 11) is -0.578. The number of imidazole rings is 1. The first kappa shape index (κ1) is 24.4. The van der Waals surface area contributed by atoms with Crippen LogP contribution in [0.1, 0.15) is 19.2 Å². The maximum Gasteiger partial charge on any atom is 0.243 e. The Labute approximate surface area is 204 Å². The van der Waals surface area contributed by atoms with Crippen LogP contribution in [-0.4, -0.2) is 47.3 Å². The molecule has 0 aliphatic heterocycles. The lowest BCUT2D eigenvalue weighted by Gasteiger charge is -2.11. The number of amides is 1. The zero-order chi connectivity index (χ0) is 25.0. The number of benzene rings is 2. The summed E-state index contributed by atoms with van der Waals surface area (Å²) < 4.78 is 34.0. The van der Waals surface area contributed by atoms with Crippen molar-refractivity contribution < 1.29 is 17.9 Å². The Morgan fingerprint density at radius 1 is 1.09 bits per heavy atom. The highest BCUT2D eigenvalue weighted by Crippen LogP contribution is 2.27. The summed E-state index contributed by atoms with van der Waals surface area (Å²) in [6.07, 6.45) is 2.17. The van der Waals surface area contributed by atoms with Crippen LogP contribution >= 0.6 is 0 Å². The summed E-state index contributed by atoms with van der Waals surface area (Å²) >= 11 is 0. The number of hydrogen-bond donors (Lipinski definition) is 1. The number of nitrogens with one attached hydrogen (secondary N) is 1. The molecule has 2 heterocycles. The van der Waals surface area contributed by atoms with E-state index < -0.39 is 10.0 Å². The summed E-state index contributed by atoms with van der Waals surface area (Å²) in [6.45, 7) is 2.63. The Bertz CT molecular complexity index is 1450. The Morgan fingerprint density at radius 2 is 1.86 bits per heavy atom. The van der Waals surface area contributed by atoms with Crippen LogP contribution in [0.4, 0.5) is 5.69 Å². The second-order valence-corrected chi connectivity index (χ2v) is 10.2. The van der Waals surface area contributed by atoms with Crippen molar-refractivity contribution in [3.63, 3.8) is 0 Å². The smallest absolute Gasteiger partial charge is 0.243 e. The highest BCUT2D eigenvalue weighted by Gasteiger charge is 2.20. The lowest BCUT2D eigenvalue weighted by atomic mass is 10.2. The van der Waals surface area contributed by atoms with Crippen molar-refractivity contribution in [2.75, 3.05) is 19.4 Å². The van der Waals surface area contributed by atoms with Gasteiger partial charge in [-0.2, -0.15) is 0 Å². The molecule has 35 heavy (non-hydrogen) atoms. The summed E-state index contributed by atoms with van der Waals surface area (Å²) in [4.78, 5) is 21.8. The third-order valence-corrected chi connectivity index (χ3v) is 7.28. The SMILES string of the molecule is CCn1c(CCC(=O)Nc2cccnc2Oc2ccccc2)nc2cc(S(=O)(=O)N(C)C)ccc21. The van der Waals surface area contributed by atoms with Crippen molar-refractivity contribution in [3.8, 4) is 11.6 Å². The number of carbonyl (C=O) groups excluding carboxylic acids is 1. The van der Waals surface area contributed by atoms with Crippen LogP contribution in [-0.2, 0) is 27.8 Å². The minimum atomic E-state index is -3.56. The number of ether oxygens (including phenoxy) is 1. The van der Waals surface area contributed by atoms with Gasteiger partial charge in [0.2, 0.25) is 21.8 Å². The molecule has 2 aromatic carbocycles. The van der Waals surface area contributed by atoms with Crippen molar-refractivity contribution in [1.82, 2.24) is 18.8 Å². The molecule has 2 aromatic heterocycles. The average molecular weight is 494 g/mol. The molecule has 1 N–H and O–H groups in total. The molecule has 0 aliphatic carbocycles. The highest BCUT2D eigenvalue weighted by molar-refractivity contribution is 7.89. The van der Waals surface area contributed by atoms with Crippen molar-refractivity contribution in [2.45, 2.75) is 31.2 Å². The van der Waals surface area contributed by atoms with Gasteiger partial charge in [-0.05, 0) is 49.4 Å². The second-order valence-electron chi connectivity index (χ2n) is 8.03. The largest absolute Gasteiger partial charge is 0.437 e. The number of para-hydroxylation sites is 1. The molecule has 4 aromatic rings. The number of hydrogen-bond acceptors (Lipinski definition) is 6. The number of carbonyl (C=O) groups is 1. The molecule has 0 unspecified atom stereocenters. The molecular formula is C25H27N5O4S. The van der Waals surface area contributed by atoms with Crippen LogP contribution in [0.25, 0.3) is 11.0 Å². The third-order valence-electron chi connectivity index (χ3n) is 5.47. The van der Waals surface area contributed by atoms with Gasteiger partial charge in [0.15, 0.2) is 0 Å². The van der Waals surface area contributed by atoms with Crippen LogP contribution in [0, 0.1) is 0 Å². The summed E-state index contributed by atoms with van der Waals surface area (Å²) in [5, 5.41) is 2.87. The van der Waals surface area contributed by atoms with E-state index in [1.807, 2.05) is 41.8 Å². The Morgan fingerprint density at radius 3 is 2.57 bits per heavy atom. The Hall–Kier alpha value is -3.76. The van der Waals surface area contributed by atoms with Crippen LogP contribution in [0.15, 0.2) is 71.8 Å². The van der Waals surface area contributed by atoms with Crippen LogP contribution in [0.2, 0.25) is 0 Å². The molecular weight excluding hydrogens is 466 g/mol. The zero-order valence-electron chi connectivity index (χ0n) is 19.8. The number of anilines is 1. The van der Waals surface area contributed by atoms with Crippen LogP contribution in [0.3, 0.4) is 0 Å². The zero-order valence-corrected chi connectivity index (χ0v) is 20.6. The molecule has 0 aliphatic rings. The number of aryl methyl sites for hydroxylation is 2. The number of fused-ring (bicyclic) bond motifs is 1. The van der Waals surface area contributed by atoms with E-state index in [4.69, 9.17) is 4.74 Å². The molecule has 1 amide bonds. The first-order valence-corrected chi connectivity index (χ1v) is 12.6. The van der Waals surface area contributed by atoms with Gasteiger partial charge in [-0.15, -0.1) is 0 Å². The van der Waals surface area contributed by atoms with Crippen molar-refractivity contribution in [3.05, 3.63) is 72.7 Å². The van der Waals surface area contributed by atoms with Gasteiger partial charge in [0, 0.05) is 39.7 Å². The topological polar surface area (TPSA) is 106 Å². The van der Waals surface area contributed by atoms with Gasteiger partial charge in [0.1, 0.15) is 17.3 Å². The first-order chi connectivity index (χ1) is 16.8. The Balaban J connectivity index is 1.49. The van der Waals surface area contributed by atoms with Crippen molar-refractivity contribution in [2.24, 2.45) is 0 Å². The summed E-state index contributed by atoms with van der Waals surface area (Å²) in [5.74, 6) is 1.43. The van der Waals surface area contributed by atoms with E-state index in [1.165, 1.54) is 18.4 Å². The van der Waals surface area contributed by atoms with E-state index in [-0.39, 0.29) is 17.2 Å². The number of sulfonamides is 1. The summed E-state index contributed by atoms with van der Waals surface area (Å²) in [5.41, 5.74) is 1.88. The van der Waals surface area contributed by atoms with E-state index >= 15 is 0 Å². The van der Waals surface area contributed by atoms with Gasteiger partial charge in [-0.25, -0.2) is 22.7 Å². The molecule has 0 radical (unpaired) electrons. The van der Waals surface area contributed by atoms with Crippen molar-refractivity contribution in [1.29, 1.82) is 0 Å². The van der Waals surface area contributed by atoms with E-state index in [1.54, 1.807) is 36.5 Å². The van der Waals surface area contributed by atoms with Gasteiger partial charge in [-0.1, -0.05) is 18.2 Å². The van der Waals surface area contributed by atoms with Gasteiger partial charge < -0.3 is 14.6 Å². The van der Waals surface area contributed by atoms with Crippen LogP contribution in [0.5, 0.6) is 11.6 Å². The number of nitrogens with zero attached hydrogens (tertiary/aromatic N) is 4. The maximum atomic E-state index is 12.7. The predicted molar refractivity (Wildman–Crippen MR) is 134 cm³/mol. The molecule has 0 atom stereocenters. The summed E-state index contributed by atoms with van der Waals surface area (Å²) in [6, 6.07) is 17.6. The maximum absolute atomic E-state index is 12.7. The van der Waals surface area contributed by atoms with E-state index in [9.17, 15) is 13.2 Å². The monoisotopic (exact) mass is 493 g/mol. The molecule has 10 heteroatoms. The van der Waals surface area contributed by atoms with Gasteiger partial charge in [0.25, 0.3) is 0 Å². The van der Waals surface area contributed by atoms with Crippen molar-refractivity contribution >= 4 is 32.7 Å². The minimum Gasteiger partial charge on any atom is -0.437 e. The molecule has 4 rings (SSSR count). The number of rotatable bonds is 9. The normalized spacial score (nSPS) is 11.7. The lowest BCUT2D eigenvalue weighted by Crippen LogP contribution is -2.22. The lowest BCUT2D eigenvalue weighted by molar-refractivity contribution is -0.116. The third kappa shape index (κ3) is 5.33. The standard InChI is InChI=1S/C25H27N5O4S/c1-4-30-22-13-12-19(35(32,33)29(2)3)17-21(22)27-23(30)14-15-24(31)28-20-11-8-16-26-25(20)34-18-9-6-5-7-10-18/h5-13,16-17H,4,14-15H2,1-3H3,(H,28,31). The molecule has 0 bridgehead atoms. The number of pyridine rings is 1. The molecule has 0 spiro atoms. The highest BCUT2D eigenvalue weighted by atomic mass is 32.2.